The zero-order chi connectivity index (χ0) is 36.3. The highest BCUT2D eigenvalue weighted by atomic mass is 32.1. The molecule has 0 fully saturated rings. The third kappa shape index (κ3) is 5.38. The van der Waals surface area contributed by atoms with E-state index in [-0.39, 0.29) is 0 Å². The topological polar surface area (TPSA) is 38.7 Å². The molecule has 9 aromatic carbocycles. The summed E-state index contributed by atoms with van der Waals surface area (Å²) in [5, 5.41) is 9.86. The molecule has 2 heterocycles. The summed E-state index contributed by atoms with van der Waals surface area (Å²) in [6, 6.07) is 66.9. The summed E-state index contributed by atoms with van der Waals surface area (Å²) in [6.45, 7) is 0. The normalized spacial score (nSPS) is 11.6. The van der Waals surface area contributed by atoms with E-state index in [2.05, 4.69) is 182 Å². The van der Waals surface area contributed by atoms with Crippen LogP contribution in [0.1, 0.15) is 0 Å². The average Bonchev–Trinajstić information content (AvgIpc) is 3.65. The van der Waals surface area contributed by atoms with Crippen molar-refractivity contribution in [1.29, 1.82) is 0 Å². The molecule has 11 rings (SSSR count). The molecule has 0 bridgehead atoms. The standard InChI is InChI=1S/C51H31N3S/c1-2-12-32(13-3-1)36-16-10-17-38(30-36)50-52-49(53-51(54-50)43-21-11-23-46-48(43)42-20-8-9-22-45(42)55-46)35-26-24-34(25-27-35)47-40-19-7-5-15-37(40)31-44-39-18-6-4-14-33(39)28-29-41(44)47/h1-31H. The minimum atomic E-state index is 0.641. The van der Waals surface area contributed by atoms with Crippen molar-refractivity contribution < 1.29 is 0 Å². The van der Waals surface area contributed by atoms with Crippen molar-refractivity contribution in [1.82, 2.24) is 15.0 Å². The number of thiophene rings is 1. The molecule has 0 atom stereocenters. The third-order valence-electron chi connectivity index (χ3n) is 10.7. The van der Waals surface area contributed by atoms with Gasteiger partial charge in [-0.15, -0.1) is 11.3 Å². The molecule has 0 saturated carbocycles. The SMILES string of the molecule is c1ccc(-c2cccc(-c3nc(-c4ccc(-c5c6ccccc6cc6c5ccc5ccccc56)cc4)nc(-c4cccc5sc6ccccc6c45)n3)c2)cc1. The van der Waals surface area contributed by atoms with Crippen LogP contribution in [0.5, 0.6) is 0 Å². The molecule has 2 aromatic heterocycles. The molecular weight excluding hydrogens is 687 g/mol. The number of benzene rings is 9. The first-order valence-electron chi connectivity index (χ1n) is 18.5. The molecule has 0 unspecified atom stereocenters. The van der Waals surface area contributed by atoms with Gasteiger partial charge in [-0.1, -0.05) is 164 Å². The first-order valence-corrected chi connectivity index (χ1v) is 19.3. The van der Waals surface area contributed by atoms with Gasteiger partial charge in [-0.25, -0.2) is 15.0 Å². The summed E-state index contributed by atoms with van der Waals surface area (Å²) in [5.41, 5.74) is 7.54. The highest BCUT2D eigenvalue weighted by molar-refractivity contribution is 7.25. The van der Waals surface area contributed by atoms with Crippen LogP contribution in [0.15, 0.2) is 188 Å². The maximum absolute atomic E-state index is 5.24. The molecule has 0 amide bonds. The molecule has 0 saturated heterocycles. The van der Waals surface area contributed by atoms with E-state index >= 15 is 0 Å². The molecular formula is C51H31N3S. The Labute approximate surface area is 321 Å². The van der Waals surface area contributed by atoms with Gasteiger partial charge in [-0.05, 0) is 78.8 Å². The summed E-state index contributed by atoms with van der Waals surface area (Å²) in [5.74, 6) is 1.95. The molecule has 0 radical (unpaired) electrons. The second-order valence-electron chi connectivity index (χ2n) is 14.0. The Hall–Kier alpha value is -7.01. The number of hydrogen-bond acceptors (Lipinski definition) is 4. The number of hydrogen-bond donors (Lipinski definition) is 0. The summed E-state index contributed by atoms with van der Waals surface area (Å²) in [4.78, 5) is 15.6. The van der Waals surface area contributed by atoms with Crippen LogP contribution in [-0.2, 0) is 0 Å². The Morgan fingerprint density at radius 2 is 0.927 bits per heavy atom. The number of rotatable bonds is 5. The summed E-state index contributed by atoms with van der Waals surface area (Å²) in [6.07, 6.45) is 0. The van der Waals surface area contributed by atoms with Crippen LogP contribution < -0.4 is 0 Å². The van der Waals surface area contributed by atoms with Crippen molar-refractivity contribution >= 4 is 63.8 Å². The zero-order valence-corrected chi connectivity index (χ0v) is 30.5. The lowest BCUT2D eigenvalue weighted by Gasteiger charge is -2.15. The van der Waals surface area contributed by atoms with Gasteiger partial charge in [-0.2, -0.15) is 0 Å². The summed E-state index contributed by atoms with van der Waals surface area (Å²) >= 11 is 1.80. The van der Waals surface area contributed by atoms with E-state index in [1.165, 1.54) is 58.1 Å². The quantitative estimate of drug-likeness (QED) is 0.131. The van der Waals surface area contributed by atoms with Crippen LogP contribution in [0.2, 0.25) is 0 Å². The zero-order valence-electron chi connectivity index (χ0n) is 29.6. The Kier molecular flexibility index (Phi) is 7.35. The fourth-order valence-electron chi connectivity index (χ4n) is 8.10. The first-order chi connectivity index (χ1) is 27.2. The fraction of sp³-hybridized carbons (Fsp3) is 0. The maximum Gasteiger partial charge on any atom is 0.164 e. The molecule has 256 valence electrons. The number of fused-ring (bicyclic) bond motifs is 7. The van der Waals surface area contributed by atoms with Crippen molar-refractivity contribution in [3.05, 3.63) is 188 Å². The van der Waals surface area contributed by atoms with Gasteiger partial charge in [0, 0.05) is 36.9 Å². The minimum absolute atomic E-state index is 0.641. The van der Waals surface area contributed by atoms with E-state index in [9.17, 15) is 0 Å². The largest absolute Gasteiger partial charge is 0.208 e. The van der Waals surface area contributed by atoms with Crippen LogP contribution in [0.25, 0.3) is 109 Å². The molecule has 11 aromatic rings. The molecule has 55 heavy (non-hydrogen) atoms. The Morgan fingerprint density at radius 1 is 0.309 bits per heavy atom. The van der Waals surface area contributed by atoms with E-state index in [4.69, 9.17) is 15.0 Å². The van der Waals surface area contributed by atoms with E-state index in [1.807, 2.05) is 6.07 Å². The van der Waals surface area contributed by atoms with Gasteiger partial charge in [0.1, 0.15) is 0 Å². The molecule has 0 aliphatic rings. The molecule has 0 aliphatic carbocycles. The minimum Gasteiger partial charge on any atom is -0.208 e. The average molecular weight is 718 g/mol. The van der Waals surface area contributed by atoms with E-state index < -0.39 is 0 Å². The second kappa shape index (κ2) is 12.8. The van der Waals surface area contributed by atoms with Crippen LogP contribution in [-0.4, -0.2) is 15.0 Å². The Balaban J connectivity index is 1.10. The predicted octanol–water partition coefficient (Wildman–Crippen LogP) is 14.0. The maximum atomic E-state index is 5.24. The van der Waals surface area contributed by atoms with Crippen LogP contribution in [0.4, 0.5) is 0 Å². The predicted molar refractivity (Wildman–Crippen MR) is 232 cm³/mol. The highest BCUT2D eigenvalue weighted by Crippen LogP contribution is 2.42. The smallest absolute Gasteiger partial charge is 0.164 e. The van der Waals surface area contributed by atoms with E-state index in [0.717, 1.165) is 33.4 Å². The summed E-state index contributed by atoms with van der Waals surface area (Å²) < 4.78 is 2.47. The summed E-state index contributed by atoms with van der Waals surface area (Å²) in [7, 11) is 0. The van der Waals surface area contributed by atoms with Crippen molar-refractivity contribution in [2.24, 2.45) is 0 Å². The van der Waals surface area contributed by atoms with Crippen molar-refractivity contribution in [3.63, 3.8) is 0 Å². The Bertz CT molecular complexity index is 3260. The lowest BCUT2D eigenvalue weighted by molar-refractivity contribution is 1.08. The van der Waals surface area contributed by atoms with Crippen molar-refractivity contribution in [2.75, 3.05) is 0 Å². The van der Waals surface area contributed by atoms with E-state index in [0.29, 0.717) is 17.5 Å². The van der Waals surface area contributed by atoms with Crippen LogP contribution >= 0.6 is 11.3 Å². The van der Waals surface area contributed by atoms with Gasteiger partial charge in [0.25, 0.3) is 0 Å². The molecule has 4 heteroatoms. The third-order valence-corrected chi connectivity index (χ3v) is 11.8. The fourth-order valence-corrected chi connectivity index (χ4v) is 9.23. The van der Waals surface area contributed by atoms with Gasteiger partial charge in [0.2, 0.25) is 0 Å². The first kappa shape index (κ1) is 31.5. The van der Waals surface area contributed by atoms with Crippen LogP contribution in [0, 0.1) is 0 Å². The van der Waals surface area contributed by atoms with Gasteiger partial charge in [0.05, 0.1) is 0 Å². The lowest BCUT2D eigenvalue weighted by Crippen LogP contribution is -2.00. The molecule has 0 aliphatic heterocycles. The monoisotopic (exact) mass is 717 g/mol. The van der Waals surface area contributed by atoms with Gasteiger partial charge >= 0.3 is 0 Å². The highest BCUT2D eigenvalue weighted by Gasteiger charge is 2.18. The Morgan fingerprint density at radius 3 is 1.78 bits per heavy atom. The second-order valence-corrected chi connectivity index (χ2v) is 15.0. The number of nitrogens with zero attached hydrogens (tertiary/aromatic N) is 3. The van der Waals surface area contributed by atoms with Crippen molar-refractivity contribution in [2.45, 2.75) is 0 Å². The van der Waals surface area contributed by atoms with Gasteiger partial charge < -0.3 is 0 Å². The van der Waals surface area contributed by atoms with E-state index in [1.54, 1.807) is 11.3 Å². The van der Waals surface area contributed by atoms with Gasteiger partial charge in [0.15, 0.2) is 17.5 Å². The molecule has 0 spiro atoms. The lowest BCUT2D eigenvalue weighted by atomic mass is 9.89. The van der Waals surface area contributed by atoms with Gasteiger partial charge in [-0.3, -0.25) is 0 Å². The number of aromatic nitrogens is 3. The molecule has 0 N–H and O–H groups in total. The van der Waals surface area contributed by atoms with Crippen LogP contribution in [0.3, 0.4) is 0 Å². The van der Waals surface area contributed by atoms with Crippen molar-refractivity contribution in [3.8, 4) is 56.4 Å². The molecule has 3 nitrogen and oxygen atoms in total.